The van der Waals surface area contributed by atoms with Crippen LogP contribution in [-0.2, 0) is 14.3 Å². The van der Waals surface area contributed by atoms with Crippen LogP contribution in [0.2, 0.25) is 0 Å². The Kier molecular flexibility index (Phi) is 3.47. The molecule has 0 amide bonds. The van der Waals surface area contributed by atoms with Crippen molar-refractivity contribution in [3.8, 4) is 0 Å². The molecular formula is C8H14F2O3S. The highest BCUT2D eigenvalue weighted by atomic mass is 32.2. The molecule has 1 aliphatic carbocycles. The number of rotatable bonds is 3. The van der Waals surface area contributed by atoms with Crippen LogP contribution < -0.4 is 0 Å². The number of halogens is 2. The molecule has 0 saturated heterocycles. The summed E-state index contributed by atoms with van der Waals surface area (Å²) < 4.78 is 51.5. The van der Waals surface area contributed by atoms with Crippen LogP contribution in [-0.4, -0.2) is 27.2 Å². The SMILES string of the molecule is CS(=O)(=O)OC[C@H]1CCCC(F)(F)C1. The standard InChI is InChI=1S/C8H14F2O3S/c1-14(11,12)13-6-7-3-2-4-8(9,10)5-7/h7H,2-6H2,1H3/t7-/m0/s1. The van der Waals surface area contributed by atoms with Gasteiger partial charge in [-0.05, 0) is 18.8 Å². The molecule has 14 heavy (non-hydrogen) atoms. The van der Waals surface area contributed by atoms with Gasteiger partial charge in [-0.1, -0.05) is 0 Å². The quantitative estimate of drug-likeness (QED) is 0.692. The van der Waals surface area contributed by atoms with Crippen molar-refractivity contribution >= 4 is 10.1 Å². The molecule has 6 heteroatoms. The monoisotopic (exact) mass is 228 g/mol. The predicted octanol–water partition coefficient (Wildman–Crippen LogP) is 1.79. The predicted molar refractivity (Wildman–Crippen MR) is 47.7 cm³/mol. The molecule has 1 rings (SSSR count). The molecule has 0 spiro atoms. The average Bonchev–Trinajstić information content (AvgIpc) is 1.98. The maximum atomic E-state index is 12.9. The van der Waals surface area contributed by atoms with Crippen molar-refractivity contribution in [1.82, 2.24) is 0 Å². The minimum absolute atomic E-state index is 0.0949. The first-order chi connectivity index (χ1) is 6.29. The largest absolute Gasteiger partial charge is 0.270 e. The topological polar surface area (TPSA) is 43.4 Å². The van der Waals surface area contributed by atoms with Gasteiger partial charge in [0, 0.05) is 12.8 Å². The normalized spacial score (nSPS) is 27.5. The van der Waals surface area contributed by atoms with Crippen LogP contribution in [0, 0.1) is 5.92 Å². The molecule has 0 aromatic rings. The maximum absolute atomic E-state index is 12.9. The van der Waals surface area contributed by atoms with Crippen LogP contribution in [0.3, 0.4) is 0 Å². The summed E-state index contributed by atoms with van der Waals surface area (Å²) in [5.74, 6) is -2.99. The van der Waals surface area contributed by atoms with E-state index in [1.807, 2.05) is 0 Å². The molecule has 0 unspecified atom stereocenters. The summed E-state index contributed by atoms with van der Waals surface area (Å²) in [6.07, 6.45) is 1.62. The molecule has 1 fully saturated rings. The summed E-state index contributed by atoms with van der Waals surface area (Å²) in [4.78, 5) is 0. The lowest BCUT2D eigenvalue weighted by molar-refractivity contribution is -0.0582. The molecular weight excluding hydrogens is 214 g/mol. The van der Waals surface area contributed by atoms with Crippen LogP contribution in [0.1, 0.15) is 25.7 Å². The summed E-state index contributed by atoms with van der Waals surface area (Å²) in [7, 11) is -3.51. The molecule has 1 aliphatic rings. The average molecular weight is 228 g/mol. The fourth-order valence-corrected chi connectivity index (χ4v) is 2.08. The summed E-state index contributed by atoms with van der Waals surface area (Å²) in [5, 5.41) is 0. The molecule has 0 radical (unpaired) electrons. The van der Waals surface area contributed by atoms with Crippen molar-refractivity contribution in [3.63, 3.8) is 0 Å². The lowest BCUT2D eigenvalue weighted by Crippen LogP contribution is -2.29. The van der Waals surface area contributed by atoms with E-state index in [0.29, 0.717) is 12.8 Å². The van der Waals surface area contributed by atoms with Crippen molar-refractivity contribution in [2.45, 2.75) is 31.6 Å². The molecule has 84 valence electrons. The Balaban J connectivity index is 2.39. The fourth-order valence-electron chi connectivity index (χ4n) is 1.64. The van der Waals surface area contributed by atoms with E-state index in [1.54, 1.807) is 0 Å². The van der Waals surface area contributed by atoms with Crippen LogP contribution in [0.5, 0.6) is 0 Å². The first kappa shape index (κ1) is 11.8. The summed E-state index contributed by atoms with van der Waals surface area (Å²) >= 11 is 0. The van der Waals surface area contributed by atoms with Gasteiger partial charge in [0.2, 0.25) is 5.92 Å². The van der Waals surface area contributed by atoms with E-state index < -0.39 is 16.0 Å². The van der Waals surface area contributed by atoms with Crippen molar-refractivity contribution in [2.24, 2.45) is 5.92 Å². The van der Waals surface area contributed by atoms with Gasteiger partial charge in [0.1, 0.15) is 0 Å². The zero-order valence-corrected chi connectivity index (χ0v) is 8.82. The summed E-state index contributed by atoms with van der Waals surface area (Å²) in [6, 6.07) is 0. The maximum Gasteiger partial charge on any atom is 0.264 e. The highest BCUT2D eigenvalue weighted by Gasteiger charge is 2.36. The van der Waals surface area contributed by atoms with Gasteiger partial charge in [-0.2, -0.15) is 8.42 Å². The number of alkyl halides is 2. The second-order valence-corrected chi connectivity index (χ2v) is 5.45. The third-order valence-electron chi connectivity index (χ3n) is 2.26. The smallest absolute Gasteiger partial charge is 0.264 e. The van der Waals surface area contributed by atoms with Gasteiger partial charge in [0.05, 0.1) is 12.9 Å². The van der Waals surface area contributed by atoms with E-state index in [1.165, 1.54) is 0 Å². The Labute approximate surface area is 82.6 Å². The van der Waals surface area contributed by atoms with Gasteiger partial charge in [-0.15, -0.1) is 0 Å². The Morgan fingerprint density at radius 2 is 2.14 bits per heavy atom. The highest BCUT2D eigenvalue weighted by Crippen LogP contribution is 2.36. The van der Waals surface area contributed by atoms with E-state index in [9.17, 15) is 17.2 Å². The van der Waals surface area contributed by atoms with Gasteiger partial charge < -0.3 is 0 Å². The molecule has 0 heterocycles. The third-order valence-corrected chi connectivity index (χ3v) is 2.82. The van der Waals surface area contributed by atoms with E-state index in [4.69, 9.17) is 0 Å². The molecule has 0 aromatic carbocycles. The minimum atomic E-state index is -3.51. The van der Waals surface area contributed by atoms with Crippen molar-refractivity contribution in [2.75, 3.05) is 12.9 Å². The molecule has 0 aliphatic heterocycles. The lowest BCUT2D eigenvalue weighted by atomic mass is 9.87. The fraction of sp³-hybridized carbons (Fsp3) is 1.00. The zero-order chi connectivity index (χ0) is 10.8. The molecule has 0 N–H and O–H groups in total. The lowest BCUT2D eigenvalue weighted by Gasteiger charge is -2.28. The first-order valence-corrected chi connectivity index (χ1v) is 6.32. The molecule has 1 atom stereocenters. The van der Waals surface area contributed by atoms with Gasteiger partial charge >= 0.3 is 0 Å². The Morgan fingerprint density at radius 1 is 1.50 bits per heavy atom. The van der Waals surface area contributed by atoms with E-state index in [0.717, 1.165) is 6.26 Å². The number of hydrogen-bond donors (Lipinski definition) is 0. The molecule has 0 aromatic heterocycles. The Hall–Kier alpha value is -0.230. The van der Waals surface area contributed by atoms with Crippen LogP contribution >= 0.6 is 0 Å². The highest BCUT2D eigenvalue weighted by molar-refractivity contribution is 7.85. The zero-order valence-electron chi connectivity index (χ0n) is 8.00. The molecule has 0 bridgehead atoms. The summed E-state index contributed by atoms with van der Waals surface area (Å²) in [5.41, 5.74) is 0. The van der Waals surface area contributed by atoms with E-state index in [-0.39, 0.29) is 25.4 Å². The second kappa shape index (κ2) is 4.10. The van der Waals surface area contributed by atoms with Crippen molar-refractivity contribution in [3.05, 3.63) is 0 Å². The summed E-state index contributed by atoms with van der Waals surface area (Å²) in [6.45, 7) is -0.117. The van der Waals surface area contributed by atoms with Crippen molar-refractivity contribution in [1.29, 1.82) is 0 Å². The molecule has 3 nitrogen and oxygen atoms in total. The van der Waals surface area contributed by atoms with E-state index in [2.05, 4.69) is 4.18 Å². The molecule has 1 saturated carbocycles. The van der Waals surface area contributed by atoms with Crippen LogP contribution in [0.25, 0.3) is 0 Å². The van der Waals surface area contributed by atoms with Crippen LogP contribution in [0.4, 0.5) is 8.78 Å². The Morgan fingerprint density at radius 3 is 2.64 bits per heavy atom. The third kappa shape index (κ3) is 4.32. The minimum Gasteiger partial charge on any atom is -0.270 e. The van der Waals surface area contributed by atoms with Gasteiger partial charge in [0.15, 0.2) is 0 Å². The second-order valence-electron chi connectivity index (χ2n) is 3.81. The van der Waals surface area contributed by atoms with Crippen LogP contribution in [0.15, 0.2) is 0 Å². The van der Waals surface area contributed by atoms with Gasteiger partial charge in [-0.25, -0.2) is 8.78 Å². The van der Waals surface area contributed by atoms with Gasteiger partial charge in [-0.3, -0.25) is 4.18 Å². The number of hydrogen-bond acceptors (Lipinski definition) is 3. The first-order valence-electron chi connectivity index (χ1n) is 4.51. The van der Waals surface area contributed by atoms with Crippen molar-refractivity contribution < 1.29 is 21.4 Å². The Bertz CT molecular complexity index is 287. The van der Waals surface area contributed by atoms with Gasteiger partial charge in [0.25, 0.3) is 10.1 Å². The van der Waals surface area contributed by atoms with E-state index >= 15 is 0 Å².